The zero-order valence-electron chi connectivity index (χ0n) is 14.7. The maximum Gasteiger partial charge on any atom is 0.212 e. The maximum absolute atomic E-state index is 5.08. The predicted molar refractivity (Wildman–Crippen MR) is 104 cm³/mol. The van der Waals surface area contributed by atoms with Crippen molar-refractivity contribution in [1.82, 2.24) is 15.6 Å². The quantitative estimate of drug-likeness (QED) is 0.634. The number of hydrogen-bond acceptors (Lipinski definition) is 5. The summed E-state index contributed by atoms with van der Waals surface area (Å²) in [7, 11) is 3.43. The van der Waals surface area contributed by atoms with Crippen molar-refractivity contribution >= 4 is 22.3 Å². The SMILES string of the molecule is CN=C(NCc1ccc(OC)nc1)NC1CCN(c2cccs2)CC1. The number of aromatic nitrogens is 1. The van der Waals surface area contributed by atoms with Gasteiger partial charge in [0.2, 0.25) is 5.88 Å². The van der Waals surface area contributed by atoms with Crippen LogP contribution in [0.5, 0.6) is 5.88 Å². The standard InChI is InChI=1S/C18H25N5OS/c1-19-18(21-13-14-5-6-16(24-2)20-12-14)22-15-7-9-23(10-8-15)17-4-3-11-25-17/h3-6,11-12,15H,7-10,13H2,1-2H3,(H2,19,21,22). The molecule has 1 aliphatic heterocycles. The molecule has 1 saturated heterocycles. The Hall–Kier alpha value is -2.28. The summed E-state index contributed by atoms with van der Waals surface area (Å²) in [5, 5.41) is 10.4. The number of ether oxygens (including phenoxy) is 1. The Kier molecular flexibility index (Phi) is 6.11. The molecule has 6 nitrogen and oxygen atoms in total. The number of aliphatic imine (C=N–C) groups is 1. The molecule has 7 heteroatoms. The van der Waals surface area contributed by atoms with E-state index in [4.69, 9.17) is 4.74 Å². The second-order valence-corrected chi connectivity index (χ2v) is 6.92. The molecule has 25 heavy (non-hydrogen) atoms. The van der Waals surface area contributed by atoms with E-state index in [1.165, 1.54) is 5.00 Å². The third-order valence-electron chi connectivity index (χ3n) is 4.34. The Balaban J connectivity index is 1.44. The minimum Gasteiger partial charge on any atom is -0.481 e. The van der Waals surface area contributed by atoms with Gasteiger partial charge in [-0.2, -0.15) is 0 Å². The van der Waals surface area contributed by atoms with Crippen molar-refractivity contribution in [1.29, 1.82) is 0 Å². The first-order valence-corrected chi connectivity index (χ1v) is 9.41. The van der Waals surface area contributed by atoms with E-state index in [-0.39, 0.29) is 0 Å². The van der Waals surface area contributed by atoms with Crippen LogP contribution in [-0.4, -0.2) is 44.2 Å². The molecule has 2 aromatic rings. The van der Waals surface area contributed by atoms with E-state index in [0.717, 1.165) is 37.5 Å². The van der Waals surface area contributed by atoms with Gasteiger partial charge in [0.05, 0.1) is 12.1 Å². The van der Waals surface area contributed by atoms with Crippen LogP contribution in [0.15, 0.2) is 40.8 Å². The van der Waals surface area contributed by atoms with Crippen LogP contribution < -0.4 is 20.3 Å². The summed E-state index contributed by atoms with van der Waals surface area (Å²) in [5.74, 6) is 1.47. The fourth-order valence-corrected chi connectivity index (χ4v) is 3.69. The van der Waals surface area contributed by atoms with E-state index in [1.54, 1.807) is 7.11 Å². The number of anilines is 1. The zero-order chi connectivity index (χ0) is 17.5. The van der Waals surface area contributed by atoms with Crippen molar-refractivity contribution in [3.63, 3.8) is 0 Å². The number of piperidine rings is 1. The van der Waals surface area contributed by atoms with E-state index < -0.39 is 0 Å². The third kappa shape index (κ3) is 4.85. The second kappa shape index (κ2) is 8.71. The van der Waals surface area contributed by atoms with Crippen molar-refractivity contribution in [3.8, 4) is 5.88 Å². The van der Waals surface area contributed by atoms with E-state index in [2.05, 4.69) is 43.0 Å². The lowest BCUT2D eigenvalue weighted by atomic mass is 10.1. The number of thiophene rings is 1. The predicted octanol–water partition coefficient (Wildman–Crippen LogP) is 2.49. The lowest BCUT2D eigenvalue weighted by Gasteiger charge is -2.33. The monoisotopic (exact) mass is 359 g/mol. The van der Waals surface area contributed by atoms with Crippen molar-refractivity contribution < 1.29 is 4.74 Å². The van der Waals surface area contributed by atoms with Gasteiger partial charge in [-0.05, 0) is 35.9 Å². The van der Waals surface area contributed by atoms with Crippen LogP contribution in [-0.2, 0) is 6.54 Å². The molecule has 0 saturated carbocycles. The highest BCUT2D eigenvalue weighted by atomic mass is 32.1. The summed E-state index contributed by atoms with van der Waals surface area (Å²) in [6, 6.07) is 8.64. The van der Waals surface area contributed by atoms with Gasteiger partial charge in [-0.3, -0.25) is 4.99 Å². The van der Waals surface area contributed by atoms with Crippen molar-refractivity contribution in [2.24, 2.45) is 4.99 Å². The molecule has 0 radical (unpaired) electrons. The van der Waals surface area contributed by atoms with Crippen LogP contribution in [0.2, 0.25) is 0 Å². The highest BCUT2D eigenvalue weighted by molar-refractivity contribution is 7.14. The lowest BCUT2D eigenvalue weighted by molar-refractivity contribution is 0.397. The van der Waals surface area contributed by atoms with Crippen LogP contribution in [0.1, 0.15) is 18.4 Å². The van der Waals surface area contributed by atoms with Gasteiger partial charge in [0.15, 0.2) is 5.96 Å². The van der Waals surface area contributed by atoms with Gasteiger partial charge in [0.25, 0.3) is 0 Å². The normalized spacial score (nSPS) is 15.9. The largest absolute Gasteiger partial charge is 0.481 e. The molecule has 1 aliphatic rings. The first-order chi connectivity index (χ1) is 12.3. The second-order valence-electron chi connectivity index (χ2n) is 5.99. The van der Waals surface area contributed by atoms with Gasteiger partial charge in [0.1, 0.15) is 0 Å². The van der Waals surface area contributed by atoms with E-state index in [9.17, 15) is 0 Å². The Morgan fingerprint density at radius 1 is 1.36 bits per heavy atom. The van der Waals surface area contributed by atoms with Crippen LogP contribution in [0.25, 0.3) is 0 Å². The molecular formula is C18H25N5OS. The summed E-state index contributed by atoms with van der Waals surface area (Å²) < 4.78 is 5.08. The first-order valence-electron chi connectivity index (χ1n) is 8.53. The van der Waals surface area contributed by atoms with Crippen LogP contribution in [0.3, 0.4) is 0 Å². The van der Waals surface area contributed by atoms with Crippen LogP contribution in [0.4, 0.5) is 5.00 Å². The Morgan fingerprint density at radius 2 is 2.20 bits per heavy atom. The van der Waals surface area contributed by atoms with Gasteiger partial charge in [0, 0.05) is 45.0 Å². The molecule has 3 heterocycles. The fourth-order valence-electron chi connectivity index (χ4n) is 2.90. The minimum atomic E-state index is 0.455. The summed E-state index contributed by atoms with van der Waals surface area (Å²) in [6.07, 6.45) is 4.05. The minimum absolute atomic E-state index is 0.455. The molecule has 0 atom stereocenters. The van der Waals surface area contributed by atoms with Crippen molar-refractivity contribution in [3.05, 3.63) is 41.4 Å². The molecule has 0 aromatic carbocycles. The van der Waals surface area contributed by atoms with E-state index in [1.807, 2.05) is 36.7 Å². The van der Waals surface area contributed by atoms with E-state index >= 15 is 0 Å². The summed E-state index contributed by atoms with van der Waals surface area (Å²) in [6.45, 7) is 2.85. The number of methoxy groups -OCH3 is 1. The number of rotatable bonds is 5. The van der Waals surface area contributed by atoms with Gasteiger partial charge in [-0.1, -0.05) is 6.07 Å². The first kappa shape index (κ1) is 17.5. The average molecular weight is 359 g/mol. The topological polar surface area (TPSA) is 61.8 Å². The average Bonchev–Trinajstić information content (AvgIpc) is 3.21. The zero-order valence-corrected chi connectivity index (χ0v) is 15.6. The number of nitrogens with zero attached hydrogens (tertiary/aromatic N) is 3. The van der Waals surface area contributed by atoms with Gasteiger partial charge in [-0.25, -0.2) is 4.98 Å². The molecule has 1 fully saturated rings. The number of nitrogens with one attached hydrogen (secondary N) is 2. The summed E-state index contributed by atoms with van der Waals surface area (Å²) in [5.41, 5.74) is 1.09. The lowest BCUT2D eigenvalue weighted by Crippen LogP contribution is -2.48. The summed E-state index contributed by atoms with van der Waals surface area (Å²) in [4.78, 5) is 11.0. The van der Waals surface area contributed by atoms with Gasteiger partial charge in [-0.15, -0.1) is 11.3 Å². The molecule has 0 unspecified atom stereocenters. The molecule has 0 aliphatic carbocycles. The Morgan fingerprint density at radius 3 is 2.80 bits per heavy atom. The molecule has 0 bridgehead atoms. The molecule has 2 N–H and O–H groups in total. The highest BCUT2D eigenvalue weighted by Gasteiger charge is 2.20. The van der Waals surface area contributed by atoms with Crippen LogP contribution >= 0.6 is 11.3 Å². The van der Waals surface area contributed by atoms with Crippen LogP contribution in [0, 0.1) is 0 Å². The Bertz CT molecular complexity index is 663. The van der Waals surface area contributed by atoms with Gasteiger partial charge >= 0.3 is 0 Å². The Labute approximate surface area is 152 Å². The maximum atomic E-state index is 5.08. The highest BCUT2D eigenvalue weighted by Crippen LogP contribution is 2.24. The molecule has 2 aromatic heterocycles. The van der Waals surface area contributed by atoms with Gasteiger partial charge < -0.3 is 20.3 Å². The smallest absolute Gasteiger partial charge is 0.212 e. The van der Waals surface area contributed by atoms with E-state index in [0.29, 0.717) is 18.5 Å². The van der Waals surface area contributed by atoms with Crippen molar-refractivity contribution in [2.75, 3.05) is 32.1 Å². The molecule has 134 valence electrons. The molecular weight excluding hydrogens is 334 g/mol. The number of pyridine rings is 1. The number of guanidine groups is 1. The molecule has 3 rings (SSSR count). The summed E-state index contributed by atoms with van der Waals surface area (Å²) >= 11 is 1.81. The number of hydrogen-bond donors (Lipinski definition) is 2. The third-order valence-corrected chi connectivity index (χ3v) is 5.27. The molecule has 0 amide bonds. The molecule has 0 spiro atoms. The fraction of sp³-hybridized carbons (Fsp3) is 0.444. The van der Waals surface area contributed by atoms with Crippen molar-refractivity contribution in [2.45, 2.75) is 25.4 Å².